The van der Waals surface area contributed by atoms with Crippen molar-refractivity contribution in [2.75, 3.05) is 0 Å². The van der Waals surface area contributed by atoms with Crippen molar-refractivity contribution in [3.63, 3.8) is 0 Å². The van der Waals surface area contributed by atoms with Gasteiger partial charge < -0.3 is 14.1 Å². The zero-order chi connectivity index (χ0) is 16.5. The van der Waals surface area contributed by atoms with E-state index in [-0.39, 0.29) is 17.9 Å². The lowest BCUT2D eigenvalue weighted by Gasteiger charge is -2.03. The second-order valence-corrected chi connectivity index (χ2v) is 5.25. The number of nitrogens with zero attached hydrogens (tertiary/aromatic N) is 1. The van der Waals surface area contributed by atoms with Gasteiger partial charge in [0.25, 0.3) is 5.56 Å². The van der Waals surface area contributed by atoms with Crippen LogP contribution in [0.25, 0.3) is 21.9 Å². The number of carbonyl (C=O) groups excluding carboxylic acids is 1. The first-order valence-electron chi connectivity index (χ1n) is 7.34. The number of para-hydroxylation sites is 2. The summed E-state index contributed by atoms with van der Waals surface area (Å²) in [5.74, 6) is -0.340. The number of nitrogens with one attached hydrogen (secondary N) is 1. The van der Waals surface area contributed by atoms with Crippen LogP contribution in [0, 0.1) is 0 Å². The van der Waals surface area contributed by atoms with Crippen LogP contribution in [0.3, 0.4) is 0 Å². The highest BCUT2D eigenvalue weighted by atomic mass is 16.5. The Morgan fingerprint density at radius 2 is 1.92 bits per heavy atom. The van der Waals surface area contributed by atoms with Crippen LogP contribution >= 0.6 is 0 Å². The van der Waals surface area contributed by atoms with E-state index in [2.05, 4.69) is 9.97 Å². The van der Waals surface area contributed by atoms with E-state index >= 15 is 0 Å². The molecular formula is C18H12N2O4. The first-order valence-corrected chi connectivity index (χ1v) is 7.34. The van der Waals surface area contributed by atoms with Crippen molar-refractivity contribution in [1.82, 2.24) is 9.97 Å². The van der Waals surface area contributed by atoms with Gasteiger partial charge in [0.1, 0.15) is 11.2 Å². The van der Waals surface area contributed by atoms with Crippen molar-refractivity contribution in [3.8, 4) is 0 Å². The molecule has 6 heteroatoms. The van der Waals surface area contributed by atoms with Crippen LogP contribution in [0.5, 0.6) is 0 Å². The molecule has 24 heavy (non-hydrogen) atoms. The third-order valence-electron chi connectivity index (χ3n) is 3.64. The number of benzene rings is 2. The highest BCUT2D eigenvalue weighted by molar-refractivity contribution is 5.92. The van der Waals surface area contributed by atoms with Gasteiger partial charge >= 0.3 is 5.97 Å². The molecule has 0 bridgehead atoms. The number of carbonyl (C=O) groups is 1. The lowest BCUT2D eigenvalue weighted by Crippen LogP contribution is -2.15. The smallest absolute Gasteiger partial charge is 0.355 e. The van der Waals surface area contributed by atoms with E-state index in [0.29, 0.717) is 27.8 Å². The Hall–Kier alpha value is -3.41. The minimum atomic E-state index is -0.639. The van der Waals surface area contributed by atoms with E-state index in [0.717, 1.165) is 0 Å². The Labute approximate surface area is 135 Å². The van der Waals surface area contributed by atoms with Crippen LogP contribution in [-0.2, 0) is 11.3 Å². The van der Waals surface area contributed by atoms with Gasteiger partial charge in [-0.15, -0.1) is 0 Å². The minimum absolute atomic E-state index is 0.0924. The van der Waals surface area contributed by atoms with Crippen LogP contribution in [0.1, 0.15) is 16.4 Å². The molecule has 0 aliphatic rings. The van der Waals surface area contributed by atoms with Crippen molar-refractivity contribution >= 4 is 27.8 Å². The van der Waals surface area contributed by atoms with E-state index < -0.39 is 5.97 Å². The molecule has 0 amide bonds. The summed E-state index contributed by atoms with van der Waals surface area (Å²) >= 11 is 0. The average Bonchev–Trinajstić information content (AvgIpc) is 3.02. The fourth-order valence-electron chi connectivity index (χ4n) is 2.51. The van der Waals surface area contributed by atoms with Crippen molar-refractivity contribution in [3.05, 3.63) is 76.5 Å². The molecule has 2 aromatic carbocycles. The third kappa shape index (κ3) is 2.54. The molecule has 0 atom stereocenters. The number of pyridine rings is 1. The number of fused-ring (bicyclic) bond motifs is 2. The Morgan fingerprint density at radius 1 is 1.12 bits per heavy atom. The molecule has 0 aliphatic heterocycles. The number of aromatic nitrogens is 2. The average molecular weight is 320 g/mol. The van der Waals surface area contributed by atoms with Gasteiger partial charge in [-0.1, -0.05) is 30.3 Å². The molecule has 0 unspecified atom stereocenters. The molecule has 118 valence electrons. The molecule has 0 saturated carbocycles. The number of hydrogen-bond donors (Lipinski definition) is 1. The quantitative estimate of drug-likeness (QED) is 0.586. The maximum Gasteiger partial charge on any atom is 0.355 e. The number of aromatic amines is 1. The Kier molecular flexibility index (Phi) is 3.35. The highest BCUT2D eigenvalue weighted by Gasteiger charge is 2.13. The SMILES string of the molecule is O=C(OCc1nc2ccccc2o1)c1cc2ccccc2c(=O)[nH]1. The molecule has 0 radical (unpaired) electrons. The number of hydrogen-bond acceptors (Lipinski definition) is 5. The predicted molar refractivity (Wildman–Crippen MR) is 87.7 cm³/mol. The first-order chi connectivity index (χ1) is 11.7. The first kappa shape index (κ1) is 14.2. The molecule has 0 aliphatic carbocycles. The van der Waals surface area contributed by atoms with Gasteiger partial charge in [-0.05, 0) is 29.7 Å². The fourth-order valence-corrected chi connectivity index (χ4v) is 2.51. The summed E-state index contributed by atoms with van der Waals surface area (Å²) in [5, 5.41) is 1.20. The molecule has 4 aromatic rings. The van der Waals surface area contributed by atoms with Gasteiger partial charge in [-0.25, -0.2) is 9.78 Å². The van der Waals surface area contributed by atoms with Gasteiger partial charge in [-0.2, -0.15) is 0 Å². The Balaban J connectivity index is 1.56. The van der Waals surface area contributed by atoms with E-state index in [9.17, 15) is 9.59 Å². The van der Waals surface area contributed by atoms with Gasteiger partial charge in [0.15, 0.2) is 12.2 Å². The second kappa shape index (κ2) is 5.66. The molecule has 0 spiro atoms. The largest absolute Gasteiger partial charge is 0.451 e. The number of rotatable bonds is 3. The lowest BCUT2D eigenvalue weighted by molar-refractivity contribution is 0.0433. The van der Waals surface area contributed by atoms with Crippen molar-refractivity contribution in [1.29, 1.82) is 0 Å². The van der Waals surface area contributed by atoms with Crippen LogP contribution in [0.2, 0.25) is 0 Å². The molecule has 6 nitrogen and oxygen atoms in total. The van der Waals surface area contributed by atoms with Crippen LogP contribution < -0.4 is 5.56 Å². The lowest BCUT2D eigenvalue weighted by atomic mass is 10.1. The zero-order valence-electron chi connectivity index (χ0n) is 12.5. The number of ether oxygens (including phenoxy) is 1. The second-order valence-electron chi connectivity index (χ2n) is 5.25. The number of esters is 1. The molecule has 2 heterocycles. The highest BCUT2D eigenvalue weighted by Crippen LogP contribution is 2.16. The topological polar surface area (TPSA) is 85.2 Å². The monoisotopic (exact) mass is 320 g/mol. The summed E-state index contributed by atoms with van der Waals surface area (Å²) in [5.41, 5.74) is 1.09. The fraction of sp³-hybridized carbons (Fsp3) is 0.0556. The van der Waals surface area contributed by atoms with E-state index in [1.807, 2.05) is 18.2 Å². The number of H-pyrrole nitrogens is 1. The van der Waals surface area contributed by atoms with Gasteiger partial charge in [0.05, 0.1) is 0 Å². The Morgan fingerprint density at radius 3 is 2.79 bits per heavy atom. The van der Waals surface area contributed by atoms with Crippen molar-refractivity contribution in [2.24, 2.45) is 0 Å². The van der Waals surface area contributed by atoms with E-state index in [1.54, 1.807) is 36.4 Å². The van der Waals surface area contributed by atoms with Crippen LogP contribution in [0.4, 0.5) is 0 Å². The van der Waals surface area contributed by atoms with Crippen LogP contribution in [0.15, 0.2) is 63.8 Å². The summed E-state index contributed by atoms with van der Waals surface area (Å²) in [6.45, 7) is -0.109. The van der Waals surface area contributed by atoms with E-state index in [4.69, 9.17) is 9.15 Å². The number of oxazole rings is 1. The van der Waals surface area contributed by atoms with Crippen molar-refractivity contribution < 1.29 is 13.9 Å². The molecule has 0 saturated heterocycles. The maximum atomic E-state index is 12.2. The standard InChI is InChI=1S/C18H12N2O4/c21-17-12-6-2-1-5-11(12)9-14(20-17)18(22)23-10-16-19-13-7-3-4-8-15(13)24-16/h1-9H,10H2,(H,20,21). The van der Waals surface area contributed by atoms with Gasteiger partial charge in [0, 0.05) is 5.39 Å². The summed E-state index contributed by atoms with van der Waals surface area (Å²) in [6, 6.07) is 15.9. The summed E-state index contributed by atoms with van der Waals surface area (Å²) in [6.07, 6.45) is 0. The summed E-state index contributed by atoms with van der Waals surface area (Å²) in [7, 11) is 0. The molecule has 2 aromatic heterocycles. The Bertz CT molecular complexity index is 1080. The van der Waals surface area contributed by atoms with Gasteiger partial charge in [0.2, 0.25) is 5.89 Å². The van der Waals surface area contributed by atoms with E-state index in [1.165, 1.54) is 0 Å². The third-order valence-corrected chi connectivity index (χ3v) is 3.64. The summed E-state index contributed by atoms with van der Waals surface area (Å²) < 4.78 is 10.7. The minimum Gasteiger partial charge on any atom is -0.451 e. The molecule has 4 rings (SSSR count). The zero-order valence-corrected chi connectivity index (χ0v) is 12.5. The van der Waals surface area contributed by atoms with Crippen LogP contribution in [-0.4, -0.2) is 15.9 Å². The normalized spacial score (nSPS) is 11.0. The molecule has 0 fully saturated rings. The molecular weight excluding hydrogens is 308 g/mol. The molecule has 1 N–H and O–H groups in total. The maximum absolute atomic E-state index is 12.2. The predicted octanol–water partition coefficient (Wildman–Crippen LogP) is 3.03. The van der Waals surface area contributed by atoms with Crippen molar-refractivity contribution in [2.45, 2.75) is 6.61 Å². The van der Waals surface area contributed by atoms with Gasteiger partial charge in [-0.3, -0.25) is 4.79 Å². The summed E-state index contributed by atoms with van der Waals surface area (Å²) in [4.78, 5) is 30.9.